The number of carbonyl (C=O) groups excluding carboxylic acids is 1. The minimum absolute atomic E-state index is 0.275. The monoisotopic (exact) mass is 285 g/mol. The summed E-state index contributed by atoms with van der Waals surface area (Å²) in [7, 11) is 1.76. The lowest BCUT2D eigenvalue weighted by Crippen LogP contribution is -2.47. The summed E-state index contributed by atoms with van der Waals surface area (Å²) < 4.78 is 6.99. The summed E-state index contributed by atoms with van der Waals surface area (Å²) in [6.45, 7) is 4.00. The fraction of sp³-hybridized carbons (Fsp3) is 0.583. The highest BCUT2D eigenvalue weighted by Crippen LogP contribution is 2.20. The van der Waals surface area contributed by atoms with Crippen molar-refractivity contribution in [3.63, 3.8) is 0 Å². The van der Waals surface area contributed by atoms with E-state index in [1.807, 2.05) is 6.92 Å². The number of carboxylic acid groups (broad SMARTS) is 1. The maximum absolute atomic E-state index is 11.5. The van der Waals surface area contributed by atoms with Crippen molar-refractivity contribution in [1.82, 2.24) is 15.1 Å². The van der Waals surface area contributed by atoms with Crippen LogP contribution in [-0.2, 0) is 16.6 Å². The molecule has 0 spiro atoms. The molecule has 0 bridgehead atoms. The number of amides is 1. The van der Waals surface area contributed by atoms with Gasteiger partial charge in [-0.15, -0.1) is 0 Å². The van der Waals surface area contributed by atoms with Gasteiger partial charge >= 0.3 is 5.97 Å². The molecule has 0 fully saturated rings. The molecule has 1 aromatic heterocycles. The average molecular weight is 285 g/mol. The van der Waals surface area contributed by atoms with Crippen LogP contribution in [0.15, 0.2) is 0 Å². The van der Waals surface area contributed by atoms with Gasteiger partial charge in [0, 0.05) is 7.05 Å². The molecule has 1 unspecified atom stereocenters. The van der Waals surface area contributed by atoms with Gasteiger partial charge in [0.25, 0.3) is 5.91 Å². The van der Waals surface area contributed by atoms with Crippen molar-refractivity contribution in [2.24, 2.45) is 7.05 Å². The van der Waals surface area contributed by atoms with Crippen LogP contribution in [0.2, 0.25) is 0 Å². The molecule has 0 aromatic carbocycles. The average Bonchev–Trinajstić information content (AvgIpc) is 2.59. The highest BCUT2D eigenvalue weighted by Gasteiger charge is 2.30. The Morgan fingerprint density at radius 2 is 2.05 bits per heavy atom. The first-order valence-electron chi connectivity index (χ1n) is 6.00. The van der Waals surface area contributed by atoms with Crippen LogP contribution in [0.5, 0.6) is 5.75 Å². The fourth-order valence-corrected chi connectivity index (χ4v) is 1.50. The zero-order valence-electron chi connectivity index (χ0n) is 11.9. The molecule has 8 nitrogen and oxygen atoms in total. The van der Waals surface area contributed by atoms with Gasteiger partial charge in [-0.05, 0) is 20.8 Å². The molecule has 0 radical (unpaired) electrons. The number of nitrogens with zero attached hydrogens (tertiary/aromatic N) is 2. The quantitative estimate of drug-likeness (QED) is 0.641. The zero-order valence-corrected chi connectivity index (χ0v) is 11.9. The van der Waals surface area contributed by atoms with Crippen LogP contribution in [-0.4, -0.2) is 50.6 Å². The third kappa shape index (κ3) is 3.70. The summed E-state index contributed by atoms with van der Waals surface area (Å²) in [5.74, 6) is -1.40. The van der Waals surface area contributed by atoms with Gasteiger partial charge in [-0.2, -0.15) is 5.10 Å². The number of aryl methyl sites for hydroxylation is 2. The minimum Gasteiger partial charge on any atom is -0.480 e. The molecule has 1 amide bonds. The maximum Gasteiger partial charge on any atom is 0.337 e. The molecule has 1 rings (SSSR count). The molecule has 20 heavy (non-hydrogen) atoms. The van der Waals surface area contributed by atoms with E-state index in [2.05, 4.69) is 10.4 Å². The van der Waals surface area contributed by atoms with E-state index >= 15 is 0 Å². The highest BCUT2D eigenvalue weighted by molar-refractivity contribution is 5.80. The van der Waals surface area contributed by atoms with E-state index in [-0.39, 0.29) is 6.61 Å². The first-order valence-corrected chi connectivity index (χ1v) is 6.00. The molecule has 8 heteroatoms. The molecular weight excluding hydrogens is 266 g/mol. The molecule has 0 aliphatic heterocycles. The normalized spacial score (nSPS) is 13.7. The molecule has 1 aromatic rings. The van der Waals surface area contributed by atoms with E-state index in [4.69, 9.17) is 9.84 Å². The summed E-state index contributed by atoms with van der Waals surface area (Å²) in [5, 5.41) is 24.6. The second-order valence-corrected chi connectivity index (χ2v) is 4.77. The number of hydrogen-bond acceptors (Lipinski definition) is 5. The predicted octanol–water partition coefficient (Wildman–Crippen LogP) is -0.632. The van der Waals surface area contributed by atoms with Crippen molar-refractivity contribution >= 4 is 11.9 Å². The minimum atomic E-state index is -2.00. The standard InChI is InChI=1S/C12H19N3O5/c1-7-10(8(2)15(4)14-7)20-5-9(16)13-6-12(3,19)11(17)18/h19H,5-6H2,1-4H3,(H,13,16)(H,17,18). The number of carboxylic acids is 1. The smallest absolute Gasteiger partial charge is 0.337 e. The zero-order chi connectivity index (χ0) is 15.5. The van der Waals surface area contributed by atoms with E-state index in [1.54, 1.807) is 18.7 Å². The van der Waals surface area contributed by atoms with Crippen molar-refractivity contribution in [3.05, 3.63) is 11.4 Å². The van der Waals surface area contributed by atoms with Crippen LogP contribution in [0.1, 0.15) is 18.3 Å². The summed E-state index contributed by atoms with van der Waals surface area (Å²) in [6, 6.07) is 0. The Morgan fingerprint density at radius 1 is 1.45 bits per heavy atom. The number of carbonyl (C=O) groups is 2. The van der Waals surface area contributed by atoms with E-state index in [0.717, 1.165) is 12.6 Å². The van der Waals surface area contributed by atoms with Crippen LogP contribution >= 0.6 is 0 Å². The number of ether oxygens (including phenoxy) is 1. The molecule has 0 aliphatic rings. The number of rotatable bonds is 6. The third-order valence-corrected chi connectivity index (χ3v) is 2.88. The van der Waals surface area contributed by atoms with Gasteiger partial charge in [0.15, 0.2) is 18.0 Å². The summed E-state index contributed by atoms with van der Waals surface area (Å²) in [6.07, 6.45) is 0. The number of nitrogens with one attached hydrogen (secondary N) is 1. The van der Waals surface area contributed by atoms with Crippen LogP contribution < -0.4 is 10.1 Å². The van der Waals surface area contributed by atoms with Gasteiger partial charge < -0.3 is 20.3 Å². The van der Waals surface area contributed by atoms with Gasteiger partial charge in [-0.3, -0.25) is 9.48 Å². The topological polar surface area (TPSA) is 114 Å². The first kappa shape index (κ1) is 16.0. The highest BCUT2D eigenvalue weighted by atomic mass is 16.5. The molecule has 0 saturated heterocycles. The lowest BCUT2D eigenvalue weighted by molar-refractivity contribution is -0.156. The molecule has 3 N–H and O–H groups in total. The number of hydrogen-bond donors (Lipinski definition) is 3. The lowest BCUT2D eigenvalue weighted by Gasteiger charge is -2.18. The van der Waals surface area contributed by atoms with Crippen LogP contribution in [0, 0.1) is 13.8 Å². The Kier molecular flexibility index (Phi) is 4.72. The third-order valence-electron chi connectivity index (χ3n) is 2.88. The Hall–Kier alpha value is -2.09. The Balaban J connectivity index is 2.50. The van der Waals surface area contributed by atoms with Crippen molar-refractivity contribution in [3.8, 4) is 5.75 Å². The van der Waals surface area contributed by atoms with E-state index < -0.39 is 24.0 Å². The molecule has 0 saturated carbocycles. The second-order valence-electron chi connectivity index (χ2n) is 4.77. The lowest BCUT2D eigenvalue weighted by atomic mass is 10.1. The number of aliphatic hydroxyl groups is 1. The molecular formula is C12H19N3O5. The second kappa shape index (κ2) is 5.91. The van der Waals surface area contributed by atoms with Crippen molar-refractivity contribution in [2.75, 3.05) is 13.2 Å². The first-order chi connectivity index (χ1) is 9.15. The van der Waals surface area contributed by atoms with Gasteiger partial charge in [-0.25, -0.2) is 4.79 Å². The van der Waals surface area contributed by atoms with Gasteiger partial charge in [0.1, 0.15) is 5.69 Å². The Morgan fingerprint density at radius 3 is 2.50 bits per heavy atom. The van der Waals surface area contributed by atoms with E-state index in [0.29, 0.717) is 11.4 Å². The number of aliphatic carboxylic acids is 1. The molecule has 0 aliphatic carbocycles. The van der Waals surface area contributed by atoms with Crippen LogP contribution in [0.25, 0.3) is 0 Å². The molecule has 1 atom stereocenters. The van der Waals surface area contributed by atoms with Crippen molar-refractivity contribution in [1.29, 1.82) is 0 Å². The largest absolute Gasteiger partial charge is 0.480 e. The Labute approximate surface area is 116 Å². The SMILES string of the molecule is Cc1nn(C)c(C)c1OCC(=O)NCC(C)(O)C(=O)O. The van der Waals surface area contributed by atoms with E-state index in [1.165, 1.54) is 0 Å². The predicted molar refractivity (Wildman–Crippen MR) is 69.4 cm³/mol. The van der Waals surface area contributed by atoms with E-state index in [9.17, 15) is 14.7 Å². The van der Waals surface area contributed by atoms with Crippen LogP contribution in [0.4, 0.5) is 0 Å². The summed E-state index contributed by atoms with van der Waals surface area (Å²) >= 11 is 0. The van der Waals surface area contributed by atoms with Crippen molar-refractivity contribution in [2.45, 2.75) is 26.4 Å². The Bertz CT molecular complexity index is 521. The molecule has 1 heterocycles. The maximum atomic E-state index is 11.5. The van der Waals surface area contributed by atoms with Crippen LogP contribution in [0.3, 0.4) is 0 Å². The van der Waals surface area contributed by atoms with Gasteiger partial charge in [0.05, 0.1) is 12.2 Å². The summed E-state index contributed by atoms with van der Waals surface area (Å²) in [5.41, 5.74) is -0.557. The molecule has 112 valence electrons. The van der Waals surface area contributed by atoms with Crippen molar-refractivity contribution < 1.29 is 24.5 Å². The fourth-order valence-electron chi connectivity index (χ4n) is 1.50. The van der Waals surface area contributed by atoms with Gasteiger partial charge in [-0.1, -0.05) is 0 Å². The number of aromatic nitrogens is 2. The summed E-state index contributed by atoms with van der Waals surface area (Å²) in [4.78, 5) is 22.2. The van der Waals surface area contributed by atoms with Gasteiger partial charge in [0.2, 0.25) is 0 Å².